The Bertz CT molecular complexity index is 1080. The lowest BCUT2D eigenvalue weighted by Gasteiger charge is -2.26. The van der Waals surface area contributed by atoms with Gasteiger partial charge in [0.15, 0.2) is 5.75 Å². The lowest BCUT2D eigenvalue weighted by Crippen LogP contribution is -2.34. The highest BCUT2D eigenvalue weighted by atomic mass is 32.1. The van der Waals surface area contributed by atoms with Gasteiger partial charge in [-0.3, -0.25) is 20.2 Å². The van der Waals surface area contributed by atoms with Crippen molar-refractivity contribution in [3.05, 3.63) is 56.6 Å². The van der Waals surface area contributed by atoms with E-state index in [-0.39, 0.29) is 23.6 Å². The van der Waals surface area contributed by atoms with Gasteiger partial charge in [-0.1, -0.05) is 31.4 Å². The number of ether oxygens (including phenoxy) is 2. The highest BCUT2D eigenvalue weighted by Gasteiger charge is 2.24. The van der Waals surface area contributed by atoms with Gasteiger partial charge in [-0.05, 0) is 25.5 Å². The van der Waals surface area contributed by atoms with Crippen molar-refractivity contribution in [1.29, 1.82) is 0 Å². The second-order valence-electron chi connectivity index (χ2n) is 6.63. The second-order valence-corrected chi connectivity index (χ2v) is 7.51. The fraction of sp³-hybridized carbons (Fsp3) is 0.263. The molecule has 2 unspecified atom stereocenters. The third-order valence-electron chi connectivity index (χ3n) is 4.47. The molecular formula is C19H18N4O6S2. The van der Waals surface area contributed by atoms with Gasteiger partial charge in [-0.15, -0.1) is 0 Å². The molecule has 0 fully saturated rings. The number of non-ortho nitro benzene ring substituents is 2. The van der Waals surface area contributed by atoms with Gasteiger partial charge in [0.1, 0.15) is 27.9 Å². The van der Waals surface area contributed by atoms with Crippen molar-refractivity contribution < 1.29 is 19.3 Å². The van der Waals surface area contributed by atoms with Crippen molar-refractivity contribution in [2.75, 3.05) is 10.6 Å². The molecule has 0 amide bonds. The Kier molecular flexibility index (Phi) is 6.61. The molecule has 10 nitrogen and oxygen atoms in total. The van der Waals surface area contributed by atoms with Gasteiger partial charge < -0.3 is 20.1 Å². The second kappa shape index (κ2) is 9.18. The zero-order valence-corrected chi connectivity index (χ0v) is 18.1. The van der Waals surface area contributed by atoms with E-state index >= 15 is 0 Å². The number of nitro benzene ring substituents is 2. The Morgan fingerprint density at radius 3 is 2.16 bits per heavy atom. The van der Waals surface area contributed by atoms with Gasteiger partial charge in [-0.2, -0.15) is 0 Å². The first-order valence-corrected chi connectivity index (χ1v) is 10.0. The highest BCUT2D eigenvalue weighted by molar-refractivity contribution is 7.81. The third kappa shape index (κ3) is 5.03. The number of rotatable bonds is 3. The summed E-state index contributed by atoms with van der Waals surface area (Å²) in [6.45, 7) is 3.76. The topological polar surface area (TPSA) is 129 Å². The molecule has 0 aliphatic carbocycles. The standard InChI is InChI=1S/C10H10N2O3S.C9H8N2O3S/c1-2-8-10(16)11-7-5-6(12(13)14)3-4-9(7)15-8;1-5-9(15)10-7-3-2-6(11(12)13)4-8(7)14-5/h3-5,8H,2H2,1H3,(H,11,16);2-5H,1H3,(H,10,15). The number of nitrogens with zero attached hydrogens (tertiary/aromatic N) is 2. The quantitative estimate of drug-likeness (QED) is 0.379. The first-order valence-electron chi connectivity index (χ1n) is 9.21. The van der Waals surface area contributed by atoms with Crippen LogP contribution in [-0.4, -0.2) is 32.0 Å². The molecule has 0 spiro atoms. The molecule has 2 aliphatic rings. The van der Waals surface area contributed by atoms with Crippen LogP contribution in [0, 0.1) is 20.2 Å². The molecular weight excluding hydrogens is 444 g/mol. The summed E-state index contributed by atoms with van der Waals surface area (Å²) in [5.41, 5.74) is 1.26. The SMILES string of the molecule is CC1Oc2cc([N+](=O)[O-])ccc2NC1=S.CCC1Oc2ccc([N+](=O)[O-])cc2NC1=S. The monoisotopic (exact) mass is 462 g/mol. The fourth-order valence-corrected chi connectivity index (χ4v) is 3.31. The molecule has 2 atom stereocenters. The predicted octanol–water partition coefficient (Wildman–Crippen LogP) is 4.62. The number of benzene rings is 2. The zero-order valence-electron chi connectivity index (χ0n) is 16.5. The molecule has 4 rings (SSSR count). The van der Waals surface area contributed by atoms with E-state index in [0.29, 0.717) is 32.9 Å². The van der Waals surface area contributed by atoms with E-state index in [4.69, 9.17) is 33.9 Å². The number of hydrogen-bond acceptors (Lipinski definition) is 8. The fourth-order valence-electron chi connectivity index (χ4n) is 2.82. The Hall–Kier alpha value is -3.38. The van der Waals surface area contributed by atoms with Crippen LogP contribution in [0.4, 0.5) is 22.7 Å². The van der Waals surface area contributed by atoms with Crippen molar-refractivity contribution in [2.45, 2.75) is 32.5 Å². The number of nitrogens with one attached hydrogen (secondary N) is 2. The number of anilines is 2. The van der Waals surface area contributed by atoms with Crippen LogP contribution < -0.4 is 20.1 Å². The lowest BCUT2D eigenvalue weighted by molar-refractivity contribution is -0.385. The Balaban J connectivity index is 0.000000176. The summed E-state index contributed by atoms with van der Waals surface area (Å²) in [4.78, 5) is 21.4. The smallest absolute Gasteiger partial charge is 0.273 e. The maximum absolute atomic E-state index is 10.6. The molecule has 0 bridgehead atoms. The molecule has 0 saturated heterocycles. The van der Waals surface area contributed by atoms with E-state index in [1.54, 1.807) is 19.1 Å². The zero-order chi connectivity index (χ0) is 22.7. The summed E-state index contributed by atoms with van der Waals surface area (Å²) in [5.74, 6) is 1.07. The molecule has 0 aromatic heterocycles. The summed E-state index contributed by atoms with van der Waals surface area (Å²) < 4.78 is 11.0. The summed E-state index contributed by atoms with van der Waals surface area (Å²) >= 11 is 10.1. The highest BCUT2D eigenvalue weighted by Crippen LogP contribution is 2.34. The number of fused-ring (bicyclic) bond motifs is 2. The molecule has 0 radical (unpaired) electrons. The van der Waals surface area contributed by atoms with E-state index in [1.807, 2.05) is 6.92 Å². The average Bonchev–Trinajstić information content (AvgIpc) is 2.73. The average molecular weight is 463 g/mol. The van der Waals surface area contributed by atoms with Gasteiger partial charge in [0.05, 0.1) is 27.3 Å². The van der Waals surface area contributed by atoms with Crippen molar-refractivity contribution in [3.8, 4) is 11.5 Å². The molecule has 31 heavy (non-hydrogen) atoms. The largest absolute Gasteiger partial charge is 0.481 e. The van der Waals surface area contributed by atoms with Crippen LogP contribution >= 0.6 is 24.4 Å². The summed E-state index contributed by atoms with van der Waals surface area (Å²) in [5, 5.41) is 27.0. The molecule has 2 aromatic rings. The number of hydrogen-bond donors (Lipinski definition) is 2. The van der Waals surface area contributed by atoms with Gasteiger partial charge in [0.25, 0.3) is 11.4 Å². The first-order chi connectivity index (χ1) is 14.7. The predicted molar refractivity (Wildman–Crippen MR) is 123 cm³/mol. The summed E-state index contributed by atoms with van der Waals surface area (Å²) in [6.07, 6.45) is 0.362. The van der Waals surface area contributed by atoms with Crippen LogP contribution in [0.5, 0.6) is 11.5 Å². The Labute approximate surface area is 187 Å². The Morgan fingerprint density at radius 1 is 0.903 bits per heavy atom. The minimum Gasteiger partial charge on any atom is -0.481 e. The molecule has 0 saturated carbocycles. The number of nitro groups is 2. The Morgan fingerprint density at radius 2 is 1.52 bits per heavy atom. The first kappa shape index (κ1) is 22.3. The van der Waals surface area contributed by atoms with Crippen LogP contribution in [0.25, 0.3) is 0 Å². The summed E-state index contributed by atoms with van der Waals surface area (Å²) in [7, 11) is 0. The van der Waals surface area contributed by atoms with Crippen LogP contribution in [0.1, 0.15) is 20.3 Å². The van der Waals surface area contributed by atoms with E-state index in [9.17, 15) is 20.2 Å². The van der Waals surface area contributed by atoms with Crippen molar-refractivity contribution in [3.63, 3.8) is 0 Å². The minimum absolute atomic E-state index is 0.00979. The lowest BCUT2D eigenvalue weighted by atomic mass is 10.2. The van der Waals surface area contributed by atoms with Gasteiger partial charge in [0.2, 0.25) is 0 Å². The molecule has 162 valence electrons. The molecule has 2 N–H and O–H groups in total. The molecule has 2 heterocycles. The molecule has 12 heteroatoms. The minimum atomic E-state index is -0.457. The molecule has 2 aliphatic heterocycles. The third-order valence-corrected chi connectivity index (χ3v) is 5.27. The van der Waals surface area contributed by atoms with Crippen molar-refractivity contribution in [2.24, 2.45) is 0 Å². The van der Waals surface area contributed by atoms with E-state index in [0.717, 1.165) is 6.42 Å². The molecule has 2 aromatic carbocycles. The van der Waals surface area contributed by atoms with Crippen molar-refractivity contribution in [1.82, 2.24) is 0 Å². The van der Waals surface area contributed by atoms with Crippen LogP contribution in [0.2, 0.25) is 0 Å². The van der Waals surface area contributed by atoms with Crippen LogP contribution in [0.15, 0.2) is 36.4 Å². The number of thiocarbonyl (C=S) groups is 2. The maximum atomic E-state index is 10.6. The van der Waals surface area contributed by atoms with Crippen molar-refractivity contribution >= 4 is 57.2 Å². The van der Waals surface area contributed by atoms with Gasteiger partial charge in [0, 0.05) is 18.2 Å². The van der Waals surface area contributed by atoms with Crippen LogP contribution in [-0.2, 0) is 0 Å². The van der Waals surface area contributed by atoms with E-state index in [2.05, 4.69) is 10.6 Å². The van der Waals surface area contributed by atoms with Crippen LogP contribution in [0.3, 0.4) is 0 Å². The normalized spacial score (nSPS) is 18.5. The van der Waals surface area contributed by atoms with E-state index < -0.39 is 9.85 Å². The van der Waals surface area contributed by atoms with E-state index in [1.165, 1.54) is 24.3 Å². The maximum Gasteiger partial charge on any atom is 0.273 e. The summed E-state index contributed by atoms with van der Waals surface area (Å²) in [6, 6.07) is 8.82. The van der Waals surface area contributed by atoms with Gasteiger partial charge >= 0.3 is 0 Å². The van der Waals surface area contributed by atoms with Gasteiger partial charge in [-0.25, -0.2) is 0 Å².